The predicted molar refractivity (Wildman–Crippen MR) is 79.8 cm³/mol. The molecule has 1 N–H and O–H groups in total. The molecule has 0 aromatic carbocycles. The second-order valence-corrected chi connectivity index (χ2v) is 5.75. The molecule has 0 aliphatic rings. The Hall–Kier alpha value is -1.04. The minimum Gasteiger partial charge on any atom is -0.384 e. The van der Waals surface area contributed by atoms with Crippen LogP contribution < -0.4 is 5.32 Å². The van der Waals surface area contributed by atoms with Crippen LogP contribution in [0.1, 0.15) is 19.5 Å². The molecule has 0 radical (unpaired) electrons. The van der Waals surface area contributed by atoms with Crippen molar-refractivity contribution in [3.05, 3.63) is 30.1 Å². The van der Waals surface area contributed by atoms with E-state index in [1.807, 2.05) is 18.2 Å². The smallest absolute Gasteiger partial charge is 0.138 e. The normalized spacial score (nSPS) is 11.6. The molecule has 0 fully saturated rings. The quantitative estimate of drug-likeness (QED) is 0.624. The number of imidazole rings is 1. The maximum atomic E-state index is 5.10. The van der Waals surface area contributed by atoms with Crippen molar-refractivity contribution >= 4 is 17.4 Å². The molecule has 2 aromatic heterocycles. The Morgan fingerprint density at radius 1 is 1.42 bits per heavy atom. The first-order chi connectivity index (χ1) is 9.22. The number of hydrogen-bond donors (Lipinski definition) is 1. The molecule has 0 unspecified atom stereocenters. The summed E-state index contributed by atoms with van der Waals surface area (Å²) in [6.07, 6.45) is 2.07. The largest absolute Gasteiger partial charge is 0.384 e. The van der Waals surface area contributed by atoms with Gasteiger partial charge in [-0.25, -0.2) is 4.98 Å². The molecule has 0 spiro atoms. The van der Waals surface area contributed by atoms with Crippen molar-refractivity contribution in [1.29, 1.82) is 0 Å². The molecule has 0 aliphatic carbocycles. The van der Waals surface area contributed by atoms with E-state index in [4.69, 9.17) is 9.72 Å². The van der Waals surface area contributed by atoms with E-state index in [0.29, 0.717) is 6.04 Å². The van der Waals surface area contributed by atoms with E-state index in [-0.39, 0.29) is 0 Å². The lowest BCUT2D eigenvalue weighted by Crippen LogP contribution is -2.23. The topological polar surface area (TPSA) is 38.6 Å². The summed E-state index contributed by atoms with van der Waals surface area (Å²) >= 11 is 1.75. The molecule has 4 nitrogen and oxygen atoms in total. The maximum absolute atomic E-state index is 5.10. The van der Waals surface area contributed by atoms with Crippen molar-refractivity contribution in [3.63, 3.8) is 0 Å². The van der Waals surface area contributed by atoms with Gasteiger partial charge in [-0.1, -0.05) is 19.9 Å². The third kappa shape index (κ3) is 3.72. The highest BCUT2D eigenvalue weighted by atomic mass is 32.2. The molecule has 2 rings (SSSR count). The summed E-state index contributed by atoms with van der Waals surface area (Å²) in [4.78, 5) is 4.69. The van der Waals surface area contributed by atoms with Gasteiger partial charge in [0, 0.05) is 31.6 Å². The monoisotopic (exact) mass is 279 g/mol. The van der Waals surface area contributed by atoms with Crippen molar-refractivity contribution in [1.82, 2.24) is 14.7 Å². The molecule has 0 saturated carbocycles. The predicted octanol–water partition coefficient (Wildman–Crippen LogP) is 2.57. The number of hydrogen-bond acceptors (Lipinski definition) is 4. The van der Waals surface area contributed by atoms with Gasteiger partial charge in [-0.2, -0.15) is 0 Å². The highest BCUT2D eigenvalue weighted by Crippen LogP contribution is 2.23. The molecule has 0 amide bonds. The highest BCUT2D eigenvalue weighted by molar-refractivity contribution is 7.99. The van der Waals surface area contributed by atoms with Gasteiger partial charge < -0.3 is 14.5 Å². The number of thioether (sulfide) groups is 1. The lowest BCUT2D eigenvalue weighted by molar-refractivity contribution is 0.218. The number of methoxy groups -OCH3 is 1. The lowest BCUT2D eigenvalue weighted by atomic mass is 10.3. The standard InChI is InChI=1S/C14H21N3OS/c1-11(2)15-10-12-14(19-9-8-18-3)16-13-6-4-5-7-17(12)13/h4-7,11,15H,8-10H2,1-3H3. The first kappa shape index (κ1) is 14.4. The molecular weight excluding hydrogens is 258 g/mol. The molecule has 0 atom stereocenters. The molecule has 2 aromatic rings. The number of rotatable bonds is 7. The van der Waals surface area contributed by atoms with E-state index >= 15 is 0 Å². The van der Waals surface area contributed by atoms with Crippen molar-refractivity contribution in [3.8, 4) is 0 Å². The molecule has 104 valence electrons. The zero-order chi connectivity index (χ0) is 13.7. The second kappa shape index (κ2) is 6.93. The number of pyridine rings is 1. The van der Waals surface area contributed by atoms with Crippen LogP contribution >= 0.6 is 11.8 Å². The first-order valence-electron chi connectivity index (χ1n) is 6.53. The van der Waals surface area contributed by atoms with Crippen molar-refractivity contribution in [2.75, 3.05) is 19.5 Å². The average molecular weight is 279 g/mol. The number of aromatic nitrogens is 2. The zero-order valence-corrected chi connectivity index (χ0v) is 12.5. The van der Waals surface area contributed by atoms with Crippen LogP contribution in [0, 0.1) is 0 Å². The van der Waals surface area contributed by atoms with Gasteiger partial charge in [0.15, 0.2) is 0 Å². The minimum atomic E-state index is 0.464. The number of nitrogens with zero attached hydrogens (tertiary/aromatic N) is 2. The average Bonchev–Trinajstić information content (AvgIpc) is 2.74. The van der Waals surface area contributed by atoms with Crippen LogP contribution in [-0.2, 0) is 11.3 Å². The molecular formula is C14H21N3OS. The van der Waals surface area contributed by atoms with Gasteiger partial charge >= 0.3 is 0 Å². The summed E-state index contributed by atoms with van der Waals surface area (Å²) in [5, 5.41) is 4.56. The van der Waals surface area contributed by atoms with Crippen LogP contribution in [0.25, 0.3) is 5.65 Å². The second-order valence-electron chi connectivity index (χ2n) is 4.67. The number of fused-ring (bicyclic) bond motifs is 1. The zero-order valence-electron chi connectivity index (χ0n) is 11.7. The Kier molecular flexibility index (Phi) is 5.24. The Labute approximate surface area is 118 Å². The van der Waals surface area contributed by atoms with Gasteiger partial charge in [0.05, 0.1) is 12.3 Å². The highest BCUT2D eigenvalue weighted by Gasteiger charge is 2.12. The van der Waals surface area contributed by atoms with E-state index in [1.54, 1.807) is 18.9 Å². The Morgan fingerprint density at radius 3 is 3.00 bits per heavy atom. The molecule has 5 heteroatoms. The third-order valence-corrected chi connectivity index (χ3v) is 3.77. The first-order valence-corrected chi connectivity index (χ1v) is 7.52. The summed E-state index contributed by atoms with van der Waals surface area (Å²) in [5.41, 5.74) is 2.23. The van der Waals surface area contributed by atoms with Gasteiger partial charge in [-0.3, -0.25) is 0 Å². The van der Waals surface area contributed by atoms with Gasteiger partial charge in [-0.15, -0.1) is 11.8 Å². The molecule has 0 bridgehead atoms. The summed E-state index contributed by atoms with van der Waals surface area (Å²) in [6.45, 7) is 5.88. The van der Waals surface area contributed by atoms with Crippen LogP contribution in [0.2, 0.25) is 0 Å². The van der Waals surface area contributed by atoms with Crippen LogP contribution in [0.4, 0.5) is 0 Å². The van der Waals surface area contributed by atoms with Crippen molar-refractivity contribution in [2.45, 2.75) is 31.5 Å². The fourth-order valence-electron chi connectivity index (χ4n) is 1.82. The van der Waals surface area contributed by atoms with E-state index in [0.717, 1.165) is 29.6 Å². The fraction of sp³-hybridized carbons (Fsp3) is 0.500. The number of nitrogens with one attached hydrogen (secondary N) is 1. The molecule has 0 saturated heterocycles. The van der Waals surface area contributed by atoms with Gasteiger partial charge in [-0.05, 0) is 12.1 Å². The van der Waals surface area contributed by atoms with Gasteiger partial charge in [0.1, 0.15) is 10.7 Å². The maximum Gasteiger partial charge on any atom is 0.138 e. The Bertz CT molecular complexity index is 524. The van der Waals surface area contributed by atoms with Gasteiger partial charge in [0.2, 0.25) is 0 Å². The van der Waals surface area contributed by atoms with E-state index in [9.17, 15) is 0 Å². The Balaban J connectivity index is 2.23. The SMILES string of the molecule is COCCSc1nc2ccccn2c1CNC(C)C. The van der Waals surface area contributed by atoms with E-state index in [2.05, 4.69) is 29.8 Å². The molecule has 0 aliphatic heterocycles. The summed E-state index contributed by atoms with van der Waals surface area (Å²) in [7, 11) is 1.73. The third-order valence-electron chi connectivity index (χ3n) is 2.80. The van der Waals surface area contributed by atoms with E-state index < -0.39 is 0 Å². The molecule has 19 heavy (non-hydrogen) atoms. The van der Waals surface area contributed by atoms with Crippen LogP contribution in [0.3, 0.4) is 0 Å². The summed E-state index contributed by atoms with van der Waals surface area (Å²) in [6, 6.07) is 6.56. The lowest BCUT2D eigenvalue weighted by Gasteiger charge is -2.09. The molecule has 2 heterocycles. The van der Waals surface area contributed by atoms with Gasteiger partial charge in [0.25, 0.3) is 0 Å². The summed E-state index contributed by atoms with van der Waals surface area (Å²) < 4.78 is 7.26. The van der Waals surface area contributed by atoms with Crippen molar-refractivity contribution in [2.24, 2.45) is 0 Å². The van der Waals surface area contributed by atoms with Crippen LogP contribution in [0.5, 0.6) is 0 Å². The number of ether oxygens (including phenoxy) is 1. The summed E-state index contributed by atoms with van der Waals surface area (Å²) in [5.74, 6) is 0.926. The van der Waals surface area contributed by atoms with Crippen LogP contribution in [-0.4, -0.2) is 34.9 Å². The fourth-order valence-corrected chi connectivity index (χ4v) is 2.76. The van der Waals surface area contributed by atoms with Crippen molar-refractivity contribution < 1.29 is 4.74 Å². The Morgan fingerprint density at radius 2 is 2.26 bits per heavy atom. The minimum absolute atomic E-state index is 0.464. The van der Waals surface area contributed by atoms with E-state index in [1.165, 1.54) is 5.69 Å². The van der Waals surface area contributed by atoms with Crippen LogP contribution in [0.15, 0.2) is 29.4 Å².